The molecular weight excluding hydrogens is 588 g/mol. The number of ether oxygens (including phenoxy) is 4. The van der Waals surface area contributed by atoms with Gasteiger partial charge in [0.15, 0.2) is 11.5 Å². The van der Waals surface area contributed by atoms with E-state index in [1.807, 2.05) is 0 Å². The van der Waals surface area contributed by atoms with E-state index in [1.165, 1.54) is 17.7 Å². The summed E-state index contributed by atoms with van der Waals surface area (Å²) in [4.78, 5) is 62.3. The summed E-state index contributed by atoms with van der Waals surface area (Å²) < 4.78 is 21.7. The maximum absolute atomic E-state index is 13.5. The van der Waals surface area contributed by atoms with E-state index in [-0.39, 0.29) is 39.9 Å². The Hall–Kier alpha value is -4.27. The van der Waals surface area contributed by atoms with E-state index in [0.717, 1.165) is 56.8 Å². The fraction of sp³-hybridized carbons (Fsp3) is 0.486. The molecule has 5 rings (SSSR count). The van der Waals surface area contributed by atoms with Crippen LogP contribution in [0.5, 0.6) is 17.2 Å². The first kappa shape index (κ1) is 33.1. The number of benzene rings is 1. The molecular formula is C37H42O9. The third-order valence-electron chi connectivity index (χ3n) is 11.2. The molecule has 0 bridgehead atoms. The molecule has 0 N–H and O–H groups in total. The molecule has 1 aromatic carbocycles. The van der Waals surface area contributed by atoms with Crippen LogP contribution >= 0.6 is 0 Å². The molecule has 4 aliphatic rings. The zero-order valence-electron chi connectivity index (χ0n) is 26.8. The second-order valence-electron chi connectivity index (χ2n) is 13.5. The molecule has 0 saturated heterocycles. The summed E-state index contributed by atoms with van der Waals surface area (Å²) >= 11 is 0. The Morgan fingerprint density at radius 3 is 2.00 bits per heavy atom. The lowest BCUT2D eigenvalue weighted by Crippen LogP contribution is -2.51. The summed E-state index contributed by atoms with van der Waals surface area (Å²) in [6.45, 7) is 16.5. The number of fused-ring (bicyclic) bond motifs is 5. The van der Waals surface area contributed by atoms with Gasteiger partial charge >= 0.3 is 23.9 Å². The standard InChI is InChI=1S/C37H42O9/c1-7-31(39)44-29-18-22(19-30(45-32(40)8-2)34(29)46-33(41)9-3)35(42)43-24-14-16-36(5)23(20-24)10-11-25-27-13-12-26(21(4)38)37(27,6)17-15-28(25)36/h7-10,18-19,24-28H,1-3,11-17,20H2,4-6H3/t24-,25-,26+,27-,28-,36-,37+/m0/s1. The van der Waals surface area contributed by atoms with Gasteiger partial charge in [0.1, 0.15) is 11.9 Å². The van der Waals surface area contributed by atoms with Gasteiger partial charge < -0.3 is 18.9 Å². The van der Waals surface area contributed by atoms with Gasteiger partial charge in [0.2, 0.25) is 5.75 Å². The van der Waals surface area contributed by atoms with Crippen molar-refractivity contribution >= 4 is 29.7 Å². The lowest BCUT2D eigenvalue weighted by molar-refractivity contribution is -0.132. The molecule has 244 valence electrons. The highest BCUT2D eigenvalue weighted by atomic mass is 16.6. The number of Topliss-reactive ketones (excluding diaryl/α,β-unsaturated/α-hetero) is 1. The molecule has 0 heterocycles. The van der Waals surface area contributed by atoms with Gasteiger partial charge in [-0.05, 0) is 92.6 Å². The lowest BCUT2D eigenvalue weighted by Gasteiger charge is -2.58. The van der Waals surface area contributed by atoms with Crippen LogP contribution in [0, 0.1) is 34.5 Å². The molecule has 0 spiro atoms. The van der Waals surface area contributed by atoms with Gasteiger partial charge in [-0.15, -0.1) is 0 Å². The predicted molar refractivity (Wildman–Crippen MR) is 169 cm³/mol. The van der Waals surface area contributed by atoms with Crippen molar-refractivity contribution in [2.75, 3.05) is 0 Å². The molecule has 1 aromatic rings. The highest BCUT2D eigenvalue weighted by molar-refractivity contribution is 5.94. The van der Waals surface area contributed by atoms with Crippen molar-refractivity contribution in [3.8, 4) is 17.2 Å². The first-order chi connectivity index (χ1) is 21.8. The van der Waals surface area contributed by atoms with Crippen LogP contribution in [0.3, 0.4) is 0 Å². The summed E-state index contributed by atoms with van der Waals surface area (Å²) in [7, 11) is 0. The van der Waals surface area contributed by atoms with Crippen LogP contribution < -0.4 is 14.2 Å². The predicted octanol–water partition coefficient (Wildman–Crippen LogP) is 6.65. The van der Waals surface area contributed by atoms with Gasteiger partial charge in [-0.1, -0.05) is 45.2 Å². The quantitative estimate of drug-likeness (QED) is 0.128. The Labute approximate surface area is 269 Å². The minimum absolute atomic E-state index is 0.0102. The number of esters is 4. The molecule has 0 radical (unpaired) electrons. The SMILES string of the molecule is C=CC(=O)Oc1cc(C(=O)O[C@H]2CC[C@@]3(C)C(=CC[C@H]4[C@@H]5CC[C@H](C(C)=O)[C@@]5(C)CC[C@@H]43)C2)cc(OC(=O)C=C)c1OC(=O)C=C. The van der Waals surface area contributed by atoms with E-state index in [0.29, 0.717) is 36.4 Å². The van der Waals surface area contributed by atoms with E-state index in [4.69, 9.17) is 18.9 Å². The van der Waals surface area contributed by atoms with Crippen LogP contribution in [0.15, 0.2) is 61.7 Å². The third-order valence-corrected chi connectivity index (χ3v) is 11.2. The molecule has 0 aliphatic heterocycles. The zero-order chi connectivity index (χ0) is 33.4. The Balaban J connectivity index is 1.37. The van der Waals surface area contributed by atoms with Crippen LogP contribution in [0.2, 0.25) is 0 Å². The molecule has 3 saturated carbocycles. The third kappa shape index (κ3) is 5.99. The minimum atomic E-state index is -0.912. The normalized spacial score (nSPS) is 31.0. The molecule has 9 nitrogen and oxygen atoms in total. The van der Waals surface area contributed by atoms with Crippen LogP contribution in [0.4, 0.5) is 0 Å². The van der Waals surface area contributed by atoms with E-state index in [9.17, 15) is 24.0 Å². The fourth-order valence-corrected chi connectivity index (χ4v) is 9.00. The molecule has 46 heavy (non-hydrogen) atoms. The molecule has 3 fully saturated rings. The smallest absolute Gasteiger partial charge is 0.338 e. The zero-order valence-corrected chi connectivity index (χ0v) is 26.8. The maximum atomic E-state index is 13.5. The highest BCUT2D eigenvalue weighted by Crippen LogP contribution is 2.66. The Kier molecular flexibility index (Phi) is 9.25. The van der Waals surface area contributed by atoms with Crippen molar-refractivity contribution in [2.45, 2.75) is 78.2 Å². The molecule has 0 unspecified atom stereocenters. The van der Waals surface area contributed by atoms with Crippen LogP contribution in [-0.2, 0) is 23.9 Å². The summed E-state index contributed by atoms with van der Waals surface area (Å²) in [5.41, 5.74) is 1.33. The number of hydrogen-bond acceptors (Lipinski definition) is 9. The summed E-state index contributed by atoms with van der Waals surface area (Å²) in [5, 5.41) is 0. The van der Waals surface area contributed by atoms with Gasteiger partial charge in [0.25, 0.3) is 0 Å². The van der Waals surface area contributed by atoms with Crippen molar-refractivity contribution in [1.29, 1.82) is 0 Å². The maximum Gasteiger partial charge on any atom is 0.338 e. The number of carbonyl (C=O) groups excluding carboxylic acids is 5. The average molecular weight is 631 g/mol. The van der Waals surface area contributed by atoms with Crippen molar-refractivity contribution in [3.05, 3.63) is 67.3 Å². The first-order valence-electron chi connectivity index (χ1n) is 16.0. The summed E-state index contributed by atoms with van der Waals surface area (Å²) in [5.74, 6) is -2.39. The lowest BCUT2D eigenvalue weighted by atomic mass is 9.47. The molecule has 0 amide bonds. The van der Waals surface area contributed by atoms with E-state index < -0.39 is 29.6 Å². The average Bonchev–Trinajstić information content (AvgIpc) is 3.39. The van der Waals surface area contributed by atoms with Crippen molar-refractivity contribution < 1.29 is 42.9 Å². The molecule has 4 aliphatic carbocycles. The first-order valence-corrected chi connectivity index (χ1v) is 16.0. The van der Waals surface area contributed by atoms with Gasteiger partial charge in [-0.2, -0.15) is 0 Å². The Morgan fingerprint density at radius 1 is 0.804 bits per heavy atom. The van der Waals surface area contributed by atoms with Crippen molar-refractivity contribution in [2.24, 2.45) is 34.5 Å². The number of allylic oxidation sites excluding steroid dienone is 1. The second kappa shape index (κ2) is 12.9. The van der Waals surface area contributed by atoms with Crippen molar-refractivity contribution in [3.63, 3.8) is 0 Å². The molecule has 7 atom stereocenters. The van der Waals surface area contributed by atoms with Gasteiger partial charge in [-0.25, -0.2) is 19.2 Å². The van der Waals surface area contributed by atoms with Crippen molar-refractivity contribution in [1.82, 2.24) is 0 Å². The largest absolute Gasteiger partial charge is 0.458 e. The fourth-order valence-electron chi connectivity index (χ4n) is 9.00. The minimum Gasteiger partial charge on any atom is -0.458 e. The van der Waals surface area contributed by atoms with E-state index in [2.05, 4.69) is 39.7 Å². The molecule has 9 heteroatoms. The highest BCUT2D eigenvalue weighted by Gasteiger charge is 2.59. The number of rotatable bonds is 9. The van der Waals surface area contributed by atoms with Crippen LogP contribution in [-0.4, -0.2) is 35.8 Å². The second-order valence-corrected chi connectivity index (χ2v) is 13.5. The van der Waals surface area contributed by atoms with Crippen LogP contribution in [0.25, 0.3) is 0 Å². The van der Waals surface area contributed by atoms with Gasteiger partial charge in [-0.3, -0.25) is 4.79 Å². The number of carbonyl (C=O) groups is 5. The van der Waals surface area contributed by atoms with Crippen LogP contribution in [0.1, 0.15) is 82.5 Å². The van der Waals surface area contributed by atoms with E-state index >= 15 is 0 Å². The van der Waals surface area contributed by atoms with Gasteiger partial charge in [0.05, 0.1) is 5.56 Å². The monoisotopic (exact) mass is 630 g/mol. The summed E-state index contributed by atoms with van der Waals surface area (Å²) in [6.07, 6.45) is 12.0. The van der Waals surface area contributed by atoms with Gasteiger partial charge in [0, 0.05) is 30.6 Å². The topological polar surface area (TPSA) is 122 Å². The summed E-state index contributed by atoms with van der Waals surface area (Å²) in [6, 6.07) is 2.38. The molecule has 0 aromatic heterocycles. The number of hydrogen-bond donors (Lipinski definition) is 0. The van der Waals surface area contributed by atoms with E-state index in [1.54, 1.807) is 6.92 Å². The Bertz CT molecular complexity index is 1490. The Morgan fingerprint density at radius 2 is 1.41 bits per heavy atom. The number of ketones is 1.